The maximum Gasteiger partial charge on any atom is 0.338 e. The van der Waals surface area contributed by atoms with Gasteiger partial charge in [0, 0.05) is 19.4 Å². The molecule has 0 saturated carbocycles. The molecule has 0 bridgehead atoms. The van der Waals surface area contributed by atoms with E-state index < -0.39 is 47.0 Å². The Balaban J connectivity index is 2.06. The number of aliphatic hydroxyl groups is 3. The van der Waals surface area contributed by atoms with Crippen LogP contribution in [0.25, 0.3) is 0 Å². The van der Waals surface area contributed by atoms with E-state index in [-0.39, 0.29) is 29.0 Å². The molecular formula is C35H62O8Si2. The lowest BCUT2D eigenvalue weighted by Gasteiger charge is -2.39. The second-order valence-corrected chi connectivity index (χ2v) is 25.4. The van der Waals surface area contributed by atoms with Crippen molar-refractivity contribution in [2.24, 2.45) is 0 Å². The van der Waals surface area contributed by atoms with Gasteiger partial charge in [0.05, 0.1) is 37.1 Å². The molecule has 2 rings (SSSR count). The topological polar surface area (TPSA) is 115 Å². The van der Waals surface area contributed by atoms with E-state index in [1.54, 1.807) is 31.4 Å². The van der Waals surface area contributed by atoms with E-state index >= 15 is 0 Å². The van der Waals surface area contributed by atoms with Gasteiger partial charge >= 0.3 is 5.97 Å². The molecule has 5 atom stereocenters. The first-order chi connectivity index (χ1) is 20.6. The molecule has 0 radical (unpaired) electrons. The number of ether oxygens (including phenoxy) is 2. The fraction of sp³-hybridized carbons (Fsp3) is 0.743. The Morgan fingerprint density at radius 3 is 2.09 bits per heavy atom. The number of methoxy groups -OCH3 is 1. The first-order valence-corrected chi connectivity index (χ1v) is 22.3. The van der Waals surface area contributed by atoms with Gasteiger partial charge in [-0.3, -0.25) is 0 Å². The van der Waals surface area contributed by atoms with Crippen molar-refractivity contribution in [2.75, 3.05) is 13.7 Å². The van der Waals surface area contributed by atoms with Gasteiger partial charge in [-0.2, -0.15) is 0 Å². The fourth-order valence-electron chi connectivity index (χ4n) is 4.94. The average Bonchev–Trinajstić information content (AvgIpc) is 3.06. The second-order valence-electron chi connectivity index (χ2n) is 15.8. The smallest absolute Gasteiger partial charge is 0.338 e. The van der Waals surface area contributed by atoms with Gasteiger partial charge in [0.2, 0.25) is 0 Å². The SMILES string of the molecule is COc1ccc(C(=O)O[C@H](CCO[Si](C)(C)C(C)(C)C)C[C@@H](O)C[C@H](O)CC2=CC[C@H](O)C[C@H](O[Si](C)(C)C(C)(C)C)C2)cc1. The van der Waals surface area contributed by atoms with Crippen molar-refractivity contribution in [3.63, 3.8) is 0 Å². The summed E-state index contributed by atoms with van der Waals surface area (Å²) in [5.41, 5.74) is 1.44. The molecule has 0 unspecified atom stereocenters. The molecule has 0 amide bonds. The van der Waals surface area contributed by atoms with Gasteiger partial charge in [-0.25, -0.2) is 4.79 Å². The molecule has 0 fully saturated rings. The van der Waals surface area contributed by atoms with Crippen LogP contribution in [0.2, 0.25) is 36.3 Å². The van der Waals surface area contributed by atoms with Crippen LogP contribution in [0.5, 0.6) is 5.75 Å². The zero-order chi connectivity index (χ0) is 34.2. The lowest BCUT2D eigenvalue weighted by Crippen LogP contribution is -2.44. The molecule has 0 aromatic heterocycles. The minimum Gasteiger partial charge on any atom is -0.497 e. The second kappa shape index (κ2) is 16.5. The summed E-state index contributed by atoms with van der Waals surface area (Å²) in [7, 11) is -2.47. The summed E-state index contributed by atoms with van der Waals surface area (Å²) in [5, 5.41) is 32.7. The summed E-state index contributed by atoms with van der Waals surface area (Å²) in [6.07, 6.45) is 2.13. The van der Waals surface area contributed by atoms with Crippen LogP contribution >= 0.6 is 0 Å². The largest absolute Gasteiger partial charge is 0.497 e. The van der Waals surface area contributed by atoms with Crippen LogP contribution in [-0.4, -0.2) is 82.2 Å². The summed E-state index contributed by atoms with van der Waals surface area (Å²) in [5.74, 6) is 0.170. The molecule has 10 heteroatoms. The maximum atomic E-state index is 13.0. The molecule has 1 aromatic carbocycles. The van der Waals surface area contributed by atoms with Crippen molar-refractivity contribution in [3.05, 3.63) is 41.5 Å². The minimum absolute atomic E-state index is 0.0450. The highest BCUT2D eigenvalue weighted by atomic mass is 28.4. The highest BCUT2D eigenvalue weighted by Crippen LogP contribution is 2.40. The van der Waals surface area contributed by atoms with E-state index in [2.05, 4.69) is 67.7 Å². The Hall–Kier alpha value is -1.54. The van der Waals surface area contributed by atoms with Crippen LogP contribution in [0.3, 0.4) is 0 Å². The number of carbonyl (C=O) groups excluding carboxylic acids is 1. The van der Waals surface area contributed by atoms with Crippen molar-refractivity contribution < 1.29 is 38.4 Å². The molecule has 8 nitrogen and oxygen atoms in total. The molecule has 0 saturated heterocycles. The van der Waals surface area contributed by atoms with Gasteiger partial charge in [0.25, 0.3) is 0 Å². The van der Waals surface area contributed by atoms with Crippen LogP contribution in [0.4, 0.5) is 0 Å². The number of aliphatic hydroxyl groups excluding tert-OH is 3. The Labute approximate surface area is 274 Å². The summed E-state index contributed by atoms with van der Waals surface area (Å²) < 4.78 is 24.1. The van der Waals surface area contributed by atoms with E-state index in [0.29, 0.717) is 50.0 Å². The van der Waals surface area contributed by atoms with Crippen LogP contribution in [0, 0.1) is 0 Å². The van der Waals surface area contributed by atoms with Crippen molar-refractivity contribution in [1.82, 2.24) is 0 Å². The summed E-state index contributed by atoms with van der Waals surface area (Å²) >= 11 is 0. The number of carbonyl (C=O) groups is 1. The zero-order valence-electron chi connectivity index (χ0n) is 29.8. The van der Waals surface area contributed by atoms with Gasteiger partial charge in [0.15, 0.2) is 16.6 Å². The molecule has 1 aromatic rings. The molecule has 0 aliphatic heterocycles. The molecule has 3 N–H and O–H groups in total. The third kappa shape index (κ3) is 12.9. The fourth-order valence-corrected chi connectivity index (χ4v) is 7.37. The van der Waals surface area contributed by atoms with Gasteiger partial charge < -0.3 is 33.6 Å². The predicted molar refractivity (Wildman–Crippen MR) is 186 cm³/mol. The molecular weight excluding hydrogens is 605 g/mol. The first kappa shape index (κ1) is 39.6. The molecule has 258 valence electrons. The lowest BCUT2D eigenvalue weighted by atomic mass is 9.96. The van der Waals surface area contributed by atoms with Crippen molar-refractivity contribution in [2.45, 2.75) is 153 Å². The normalized spacial score (nSPS) is 20.5. The van der Waals surface area contributed by atoms with E-state index in [4.69, 9.17) is 18.3 Å². The van der Waals surface area contributed by atoms with Crippen LogP contribution in [0.15, 0.2) is 35.9 Å². The molecule has 0 heterocycles. The zero-order valence-corrected chi connectivity index (χ0v) is 31.8. The summed E-state index contributed by atoms with van der Waals surface area (Å²) in [6, 6.07) is 6.73. The maximum absolute atomic E-state index is 13.0. The number of hydrogen-bond donors (Lipinski definition) is 3. The van der Waals surface area contributed by atoms with E-state index in [0.717, 1.165) is 5.57 Å². The van der Waals surface area contributed by atoms with Crippen LogP contribution < -0.4 is 4.74 Å². The quantitative estimate of drug-likeness (QED) is 0.101. The van der Waals surface area contributed by atoms with Crippen molar-refractivity contribution >= 4 is 22.6 Å². The highest BCUT2D eigenvalue weighted by Gasteiger charge is 2.40. The van der Waals surface area contributed by atoms with Gasteiger partial charge in [0.1, 0.15) is 11.9 Å². The highest BCUT2D eigenvalue weighted by molar-refractivity contribution is 6.74. The third-order valence-corrected chi connectivity index (χ3v) is 18.9. The Kier molecular flexibility index (Phi) is 14.6. The number of benzene rings is 1. The van der Waals surface area contributed by atoms with E-state index in [1.807, 2.05) is 6.08 Å². The minimum atomic E-state index is -2.03. The van der Waals surface area contributed by atoms with E-state index in [9.17, 15) is 20.1 Å². The number of esters is 1. The molecule has 0 spiro atoms. The predicted octanol–water partition coefficient (Wildman–Crippen LogP) is 7.39. The van der Waals surface area contributed by atoms with Crippen LogP contribution in [-0.2, 0) is 13.6 Å². The molecule has 45 heavy (non-hydrogen) atoms. The first-order valence-electron chi connectivity index (χ1n) is 16.5. The number of hydrogen-bond acceptors (Lipinski definition) is 8. The average molecular weight is 667 g/mol. The summed E-state index contributed by atoms with van der Waals surface area (Å²) in [6.45, 7) is 22.4. The third-order valence-electron chi connectivity index (χ3n) is 9.86. The van der Waals surface area contributed by atoms with Gasteiger partial charge in [-0.15, -0.1) is 0 Å². The van der Waals surface area contributed by atoms with Gasteiger partial charge in [-0.05, 0) is 92.6 Å². The summed E-state index contributed by atoms with van der Waals surface area (Å²) in [4.78, 5) is 13.0. The van der Waals surface area contributed by atoms with Crippen molar-refractivity contribution in [3.8, 4) is 5.75 Å². The molecule has 1 aliphatic carbocycles. The monoisotopic (exact) mass is 666 g/mol. The van der Waals surface area contributed by atoms with E-state index in [1.165, 1.54) is 0 Å². The standard InChI is InChI=1S/C35H62O8Si2/c1-34(2,3)44(8,9)41-19-18-31(42-33(39)26-13-16-30(40-7)17-14-26)24-29(38)22-28(37)20-25-12-15-27(36)23-32(21-25)43-45(10,11)35(4,5)6/h12-14,16-17,27-29,31-32,36-38H,15,18-24H2,1-11H3/t27-,28+,29-,31+,32+/m0/s1. The lowest BCUT2D eigenvalue weighted by molar-refractivity contribution is -0.000423. The Bertz CT molecular complexity index is 1090. The van der Waals surface area contributed by atoms with Gasteiger partial charge in [-0.1, -0.05) is 53.2 Å². The Morgan fingerprint density at radius 1 is 0.933 bits per heavy atom. The van der Waals surface area contributed by atoms with Crippen LogP contribution in [0.1, 0.15) is 96.8 Å². The Morgan fingerprint density at radius 2 is 1.53 bits per heavy atom. The van der Waals surface area contributed by atoms with Crippen molar-refractivity contribution in [1.29, 1.82) is 0 Å². The molecule has 1 aliphatic rings. The number of rotatable bonds is 15.